The van der Waals surface area contributed by atoms with Crippen LogP contribution in [0.1, 0.15) is 6.92 Å². The van der Waals surface area contributed by atoms with E-state index in [1.165, 1.54) is 11.8 Å². The number of rotatable bonds is 5. The summed E-state index contributed by atoms with van der Waals surface area (Å²) >= 11 is 1.52. The Labute approximate surface area is 99.7 Å². The van der Waals surface area contributed by atoms with Crippen LogP contribution in [0.3, 0.4) is 0 Å². The zero-order chi connectivity index (χ0) is 12.0. The van der Waals surface area contributed by atoms with Crippen molar-refractivity contribution in [2.24, 2.45) is 0 Å². The molecule has 1 aromatic carbocycles. The van der Waals surface area contributed by atoms with Crippen molar-refractivity contribution in [1.82, 2.24) is 0 Å². The molecule has 0 atom stereocenters. The van der Waals surface area contributed by atoms with E-state index in [4.69, 9.17) is 10.5 Å². The van der Waals surface area contributed by atoms with E-state index < -0.39 is 0 Å². The minimum atomic E-state index is -0.334. The van der Waals surface area contributed by atoms with Crippen LogP contribution in [0.2, 0.25) is 0 Å². The van der Waals surface area contributed by atoms with Gasteiger partial charge in [-0.25, -0.2) is 4.79 Å². The van der Waals surface area contributed by atoms with E-state index >= 15 is 0 Å². The lowest BCUT2D eigenvalue weighted by atomic mass is 10.3. The van der Waals surface area contributed by atoms with Gasteiger partial charge < -0.3 is 10.5 Å². The maximum absolute atomic E-state index is 11.3. The van der Waals surface area contributed by atoms with E-state index in [1.54, 1.807) is 6.92 Å². The van der Waals surface area contributed by atoms with E-state index in [9.17, 15) is 4.79 Å². The number of carbonyl (C=O) groups is 1. The van der Waals surface area contributed by atoms with Gasteiger partial charge >= 0.3 is 5.97 Å². The average molecular weight is 237 g/mol. The van der Waals surface area contributed by atoms with Crippen LogP contribution in [0.15, 0.2) is 41.3 Å². The number of carbonyl (C=O) groups excluding carboxylic acids is 1. The molecule has 0 aromatic heterocycles. The fraction of sp³-hybridized carbons (Fsp3) is 0.250. The SMILES string of the molecule is C=C(CSc1cccc(N)c1)C(=O)OCC. The molecule has 1 aromatic rings. The maximum Gasteiger partial charge on any atom is 0.334 e. The summed E-state index contributed by atoms with van der Waals surface area (Å²) in [6, 6.07) is 7.51. The predicted octanol–water partition coefficient (Wildman–Crippen LogP) is 2.48. The highest BCUT2D eigenvalue weighted by Crippen LogP contribution is 2.22. The van der Waals surface area contributed by atoms with Gasteiger partial charge in [0.15, 0.2) is 0 Å². The molecule has 1 rings (SSSR count). The second-order valence-corrected chi connectivity index (χ2v) is 4.23. The second-order valence-electron chi connectivity index (χ2n) is 3.19. The van der Waals surface area contributed by atoms with Crippen molar-refractivity contribution in [1.29, 1.82) is 0 Å². The molecule has 0 unspecified atom stereocenters. The van der Waals surface area contributed by atoms with E-state index in [0.29, 0.717) is 23.6 Å². The molecule has 0 aliphatic carbocycles. The quantitative estimate of drug-likeness (QED) is 0.370. The molecule has 0 spiro atoms. The first-order chi connectivity index (χ1) is 7.63. The van der Waals surface area contributed by atoms with Crippen molar-refractivity contribution in [3.8, 4) is 0 Å². The molecule has 0 saturated heterocycles. The monoisotopic (exact) mass is 237 g/mol. The summed E-state index contributed by atoms with van der Waals surface area (Å²) in [4.78, 5) is 12.3. The van der Waals surface area contributed by atoms with Crippen molar-refractivity contribution in [2.45, 2.75) is 11.8 Å². The molecule has 0 aliphatic rings. The fourth-order valence-corrected chi connectivity index (χ4v) is 1.92. The number of hydrogen-bond donors (Lipinski definition) is 1. The Morgan fingerprint density at radius 3 is 2.94 bits per heavy atom. The normalized spacial score (nSPS) is 9.81. The molecule has 16 heavy (non-hydrogen) atoms. The summed E-state index contributed by atoms with van der Waals surface area (Å²) in [6.45, 7) is 5.83. The molecule has 0 amide bonds. The number of hydrogen-bond acceptors (Lipinski definition) is 4. The summed E-state index contributed by atoms with van der Waals surface area (Å²) in [5, 5.41) is 0. The molecule has 86 valence electrons. The minimum Gasteiger partial charge on any atom is -0.463 e. The lowest BCUT2D eigenvalue weighted by Crippen LogP contribution is -2.08. The summed E-state index contributed by atoms with van der Waals surface area (Å²) in [6.07, 6.45) is 0. The zero-order valence-electron chi connectivity index (χ0n) is 9.23. The van der Waals surface area contributed by atoms with Crippen LogP contribution in [0.4, 0.5) is 5.69 Å². The van der Waals surface area contributed by atoms with Crippen LogP contribution < -0.4 is 5.73 Å². The van der Waals surface area contributed by atoms with Crippen LogP contribution in [0, 0.1) is 0 Å². The Morgan fingerprint density at radius 1 is 1.56 bits per heavy atom. The number of esters is 1. The summed E-state index contributed by atoms with van der Waals surface area (Å²) < 4.78 is 4.84. The minimum absolute atomic E-state index is 0.334. The highest BCUT2D eigenvalue weighted by atomic mass is 32.2. The highest BCUT2D eigenvalue weighted by Gasteiger charge is 2.07. The Kier molecular flexibility index (Phi) is 4.92. The molecular weight excluding hydrogens is 222 g/mol. The third-order valence-electron chi connectivity index (χ3n) is 1.84. The maximum atomic E-state index is 11.3. The zero-order valence-corrected chi connectivity index (χ0v) is 10.0. The first-order valence-electron chi connectivity index (χ1n) is 4.96. The van der Waals surface area contributed by atoms with Gasteiger partial charge in [0.2, 0.25) is 0 Å². The molecule has 0 aliphatic heterocycles. The third kappa shape index (κ3) is 3.98. The highest BCUT2D eigenvalue weighted by molar-refractivity contribution is 7.99. The topological polar surface area (TPSA) is 52.3 Å². The Bertz CT molecular complexity index is 390. The number of anilines is 1. The molecule has 4 heteroatoms. The molecule has 0 saturated carbocycles. The number of thioether (sulfide) groups is 1. The molecule has 0 radical (unpaired) electrons. The van der Waals surface area contributed by atoms with Crippen LogP contribution in [-0.2, 0) is 9.53 Å². The molecule has 3 nitrogen and oxygen atoms in total. The van der Waals surface area contributed by atoms with Gasteiger partial charge in [0.25, 0.3) is 0 Å². The van der Waals surface area contributed by atoms with E-state index in [2.05, 4.69) is 6.58 Å². The smallest absolute Gasteiger partial charge is 0.334 e. The summed E-state index contributed by atoms with van der Waals surface area (Å²) in [7, 11) is 0. The first-order valence-corrected chi connectivity index (χ1v) is 5.95. The summed E-state index contributed by atoms with van der Waals surface area (Å²) in [5.74, 6) is 0.182. The third-order valence-corrected chi connectivity index (χ3v) is 2.92. The van der Waals surface area contributed by atoms with Gasteiger partial charge in [0.05, 0.1) is 6.61 Å². The molecule has 0 heterocycles. The van der Waals surface area contributed by atoms with Crippen molar-refractivity contribution < 1.29 is 9.53 Å². The van der Waals surface area contributed by atoms with Crippen molar-refractivity contribution in [2.75, 3.05) is 18.1 Å². The van der Waals surface area contributed by atoms with Crippen LogP contribution in [0.5, 0.6) is 0 Å². The largest absolute Gasteiger partial charge is 0.463 e. The number of nitrogen functional groups attached to an aromatic ring is 1. The molecular formula is C12H15NO2S. The molecule has 0 fully saturated rings. The average Bonchev–Trinajstić information content (AvgIpc) is 2.26. The van der Waals surface area contributed by atoms with Crippen LogP contribution in [0.25, 0.3) is 0 Å². The second kappa shape index (κ2) is 6.23. The Balaban J connectivity index is 2.46. The summed E-state index contributed by atoms with van der Waals surface area (Å²) in [5.41, 5.74) is 6.83. The number of ether oxygens (including phenoxy) is 1. The van der Waals surface area contributed by atoms with Gasteiger partial charge in [-0.05, 0) is 25.1 Å². The molecule has 0 bridgehead atoms. The van der Waals surface area contributed by atoms with Gasteiger partial charge in [-0.3, -0.25) is 0 Å². The predicted molar refractivity (Wildman–Crippen MR) is 67.4 cm³/mol. The van der Waals surface area contributed by atoms with Gasteiger partial charge in [-0.15, -0.1) is 11.8 Å². The van der Waals surface area contributed by atoms with Gasteiger partial charge in [-0.2, -0.15) is 0 Å². The van der Waals surface area contributed by atoms with E-state index in [-0.39, 0.29) is 5.97 Å². The van der Waals surface area contributed by atoms with Crippen molar-refractivity contribution in [3.63, 3.8) is 0 Å². The van der Waals surface area contributed by atoms with Gasteiger partial charge in [0.1, 0.15) is 0 Å². The fourth-order valence-electron chi connectivity index (χ4n) is 1.07. The van der Waals surface area contributed by atoms with E-state index in [1.807, 2.05) is 24.3 Å². The Morgan fingerprint density at radius 2 is 2.31 bits per heavy atom. The van der Waals surface area contributed by atoms with Crippen LogP contribution in [-0.4, -0.2) is 18.3 Å². The lowest BCUT2D eigenvalue weighted by molar-refractivity contribution is -0.138. The first kappa shape index (κ1) is 12.6. The van der Waals surface area contributed by atoms with Crippen molar-refractivity contribution >= 4 is 23.4 Å². The van der Waals surface area contributed by atoms with Crippen LogP contribution >= 0.6 is 11.8 Å². The Hall–Kier alpha value is -1.42. The van der Waals surface area contributed by atoms with Gasteiger partial charge in [0, 0.05) is 21.9 Å². The molecule has 2 N–H and O–H groups in total. The standard InChI is InChI=1S/C12H15NO2S/c1-3-15-12(14)9(2)8-16-11-6-4-5-10(13)7-11/h4-7H,2-3,8,13H2,1H3. The van der Waals surface area contributed by atoms with Crippen molar-refractivity contribution in [3.05, 3.63) is 36.4 Å². The number of nitrogens with two attached hydrogens (primary N) is 1. The lowest BCUT2D eigenvalue weighted by Gasteiger charge is -2.05. The van der Waals surface area contributed by atoms with Gasteiger partial charge in [-0.1, -0.05) is 12.6 Å². The van der Waals surface area contributed by atoms with E-state index in [0.717, 1.165) is 4.90 Å². The number of benzene rings is 1.